The lowest BCUT2D eigenvalue weighted by molar-refractivity contribution is 0.136. The van der Waals surface area contributed by atoms with Crippen LogP contribution in [0.2, 0.25) is 0 Å². The molecule has 0 bridgehead atoms. The highest BCUT2D eigenvalue weighted by atomic mass is 16.5. The van der Waals surface area contributed by atoms with Crippen LogP contribution in [0.25, 0.3) is 10.8 Å². The van der Waals surface area contributed by atoms with Crippen molar-refractivity contribution in [3.05, 3.63) is 65.7 Å². The Hall–Kier alpha value is -2.72. The Balaban J connectivity index is 2.10. The first-order chi connectivity index (χ1) is 12.2. The molecule has 3 rings (SSSR count). The second-order valence-electron chi connectivity index (χ2n) is 5.68. The lowest BCUT2D eigenvalue weighted by atomic mass is 9.97. The zero-order valence-corrected chi connectivity index (χ0v) is 14.9. The Morgan fingerprint density at radius 2 is 1.28 bits per heavy atom. The molecule has 0 fully saturated rings. The molecule has 0 aliphatic carbocycles. The first kappa shape index (κ1) is 17.1. The molecule has 3 aromatic rings. The third-order valence-electron chi connectivity index (χ3n) is 4.30. The van der Waals surface area contributed by atoms with Gasteiger partial charge in [-0.2, -0.15) is 0 Å². The molecule has 130 valence electrons. The summed E-state index contributed by atoms with van der Waals surface area (Å²) in [6, 6.07) is 18.4. The normalized spacial score (nSPS) is 12.0. The van der Waals surface area contributed by atoms with Crippen LogP contribution in [0, 0.1) is 0 Å². The fourth-order valence-corrected chi connectivity index (χ4v) is 3.09. The highest BCUT2D eigenvalue weighted by molar-refractivity contribution is 5.83. The van der Waals surface area contributed by atoms with Gasteiger partial charge in [-0.3, -0.25) is 0 Å². The van der Waals surface area contributed by atoms with E-state index in [9.17, 15) is 0 Å². The molecule has 25 heavy (non-hydrogen) atoms. The number of methoxy groups -OCH3 is 4. The van der Waals surface area contributed by atoms with Gasteiger partial charge >= 0.3 is 0 Å². The molecule has 0 aliphatic rings. The Bertz CT molecular complexity index is 848. The van der Waals surface area contributed by atoms with Crippen molar-refractivity contribution >= 4 is 10.8 Å². The number of hydrogen-bond acceptors (Lipinski definition) is 4. The van der Waals surface area contributed by atoms with Gasteiger partial charge in [-0.15, -0.1) is 0 Å². The molecule has 0 N–H and O–H groups in total. The molecule has 0 saturated carbocycles. The van der Waals surface area contributed by atoms with Crippen LogP contribution in [-0.4, -0.2) is 28.4 Å². The van der Waals surface area contributed by atoms with E-state index in [1.54, 1.807) is 28.4 Å². The summed E-state index contributed by atoms with van der Waals surface area (Å²) in [4.78, 5) is 0. The molecular weight excluding hydrogens is 316 g/mol. The topological polar surface area (TPSA) is 36.9 Å². The molecule has 4 heteroatoms. The predicted octanol–water partition coefficient (Wildman–Crippen LogP) is 4.60. The van der Waals surface area contributed by atoms with Crippen molar-refractivity contribution in [3.63, 3.8) is 0 Å². The quantitative estimate of drug-likeness (QED) is 0.658. The van der Waals surface area contributed by atoms with E-state index >= 15 is 0 Å². The van der Waals surface area contributed by atoms with Crippen molar-refractivity contribution in [1.29, 1.82) is 0 Å². The molecule has 0 aromatic heterocycles. The fraction of sp³-hybridized carbons (Fsp3) is 0.238. The summed E-state index contributed by atoms with van der Waals surface area (Å²) in [6.07, 6.45) is -0.238. The molecule has 4 nitrogen and oxygen atoms in total. The SMILES string of the molecule is COc1cc([C@@H](OC)c2ccc3ccccc3c2)cc(OC)c1OC. The van der Waals surface area contributed by atoms with Gasteiger partial charge in [-0.05, 0) is 40.1 Å². The van der Waals surface area contributed by atoms with Crippen LogP contribution in [0.1, 0.15) is 17.2 Å². The second-order valence-corrected chi connectivity index (χ2v) is 5.68. The summed E-state index contributed by atoms with van der Waals surface area (Å²) in [5.41, 5.74) is 2.00. The van der Waals surface area contributed by atoms with Gasteiger partial charge in [0, 0.05) is 7.11 Å². The average molecular weight is 338 g/mol. The van der Waals surface area contributed by atoms with E-state index in [2.05, 4.69) is 30.3 Å². The van der Waals surface area contributed by atoms with E-state index in [1.165, 1.54) is 10.8 Å². The van der Waals surface area contributed by atoms with Crippen molar-refractivity contribution in [1.82, 2.24) is 0 Å². The minimum Gasteiger partial charge on any atom is -0.493 e. The minimum atomic E-state index is -0.238. The van der Waals surface area contributed by atoms with Gasteiger partial charge in [0.2, 0.25) is 5.75 Å². The van der Waals surface area contributed by atoms with E-state index in [0.717, 1.165) is 11.1 Å². The first-order valence-electron chi connectivity index (χ1n) is 8.03. The average Bonchev–Trinajstić information content (AvgIpc) is 2.67. The van der Waals surface area contributed by atoms with Gasteiger partial charge < -0.3 is 18.9 Å². The minimum absolute atomic E-state index is 0.238. The van der Waals surface area contributed by atoms with Crippen molar-refractivity contribution in [3.8, 4) is 17.2 Å². The molecule has 0 amide bonds. The molecule has 0 spiro atoms. The van der Waals surface area contributed by atoms with Crippen molar-refractivity contribution in [2.24, 2.45) is 0 Å². The number of fused-ring (bicyclic) bond motifs is 1. The van der Waals surface area contributed by atoms with E-state index in [4.69, 9.17) is 18.9 Å². The number of rotatable bonds is 6. The van der Waals surface area contributed by atoms with Crippen molar-refractivity contribution < 1.29 is 18.9 Å². The highest BCUT2D eigenvalue weighted by Crippen LogP contribution is 2.41. The van der Waals surface area contributed by atoms with Crippen LogP contribution < -0.4 is 14.2 Å². The van der Waals surface area contributed by atoms with E-state index in [-0.39, 0.29) is 6.10 Å². The van der Waals surface area contributed by atoms with Crippen LogP contribution in [0.3, 0.4) is 0 Å². The molecule has 0 saturated heterocycles. The van der Waals surface area contributed by atoms with Crippen LogP contribution >= 0.6 is 0 Å². The zero-order chi connectivity index (χ0) is 17.8. The monoisotopic (exact) mass is 338 g/mol. The van der Waals surface area contributed by atoms with Crippen LogP contribution in [0.5, 0.6) is 17.2 Å². The lowest BCUT2D eigenvalue weighted by Gasteiger charge is -2.20. The van der Waals surface area contributed by atoms with Gasteiger partial charge in [-0.1, -0.05) is 36.4 Å². The van der Waals surface area contributed by atoms with Gasteiger partial charge in [0.15, 0.2) is 11.5 Å². The fourth-order valence-electron chi connectivity index (χ4n) is 3.09. The maximum Gasteiger partial charge on any atom is 0.203 e. The third-order valence-corrected chi connectivity index (χ3v) is 4.30. The van der Waals surface area contributed by atoms with Crippen LogP contribution in [0.4, 0.5) is 0 Å². The van der Waals surface area contributed by atoms with E-state index in [1.807, 2.05) is 24.3 Å². The maximum atomic E-state index is 5.79. The molecule has 0 heterocycles. The molecule has 0 aliphatic heterocycles. The maximum absolute atomic E-state index is 5.79. The highest BCUT2D eigenvalue weighted by Gasteiger charge is 2.20. The number of benzene rings is 3. The molecule has 1 atom stereocenters. The van der Waals surface area contributed by atoms with Crippen LogP contribution in [-0.2, 0) is 4.74 Å². The zero-order valence-electron chi connectivity index (χ0n) is 14.9. The van der Waals surface area contributed by atoms with Crippen molar-refractivity contribution in [2.45, 2.75) is 6.10 Å². The van der Waals surface area contributed by atoms with Crippen molar-refractivity contribution in [2.75, 3.05) is 28.4 Å². The predicted molar refractivity (Wildman–Crippen MR) is 98.9 cm³/mol. The van der Waals surface area contributed by atoms with Gasteiger partial charge in [-0.25, -0.2) is 0 Å². The largest absolute Gasteiger partial charge is 0.493 e. The Morgan fingerprint density at radius 1 is 0.640 bits per heavy atom. The molecular formula is C21H22O4. The van der Waals surface area contributed by atoms with E-state index in [0.29, 0.717) is 17.2 Å². The standard InChI is InChI=1S/C21H22O4/c1-22-18-12-17(13-19(23-2)21(18)25-4)20(24-3)16-10-9-14-7-5-6-8-15(14)11-16/h5-13,20H,1-4H3/t20-/m0/s1. The lowest BCUT2D eigenvalue weighted by Crippen LogP contribution is -2.05. The first-order valence-corrected chi connectivity index (χ1v) is 8.03. The summed E-state index contributed by atoms with van der Waals surface area (Å²) in [5.74, 6) is 1.79. The summed E-state index contributed by atoms with van der Waals surface area (Å²) < 4.78 is 22.1. The second kappa shape index (κ2) is 7.45. The molecule has 0 radical (unpaired) electrons. The van der Waals surface area contributed by atoms with Gasteiger partial charge in [0.1, 0.15) is 6.10 Å². The summed E-state index contributed by atoms with van der Waals surface area (Å²) in [6.45, 7) is 0. The summed E-state index contributed by atoms with van der Waals surface area (Å²) in [5, 5.41) is 2.38. The molecule has 3 aromatic carbocycles. The van der Waals surface area contributed by atoms with Gasteiger partial charge in [0.05, 0.1) is 21.3 Å². The number of ether oxygens (including phenoxy) is 4. The Labute approximate surface area is 147 Å². The van der Waals surface area contributed by atoms with E-state index < -0.39 is 0 Å². The van der Waals surface area contributed by atoms with Gasteiger partial charge in [0.25, 0.3) is 0 Å². The number of hydrogen-bond donors (Lipinski definition) is 0. The Morgan fingerprint density at radius 3 is 1.84 bits per heavy atom. The smallest absolute Gasteiger partial charge is 0.203 e. The Kier molecular flexibility index (Phi) is 5.10. The third kappa shape index (κ3) is 3.26. The molecule has 0 unspecified atom stereocenters. The summed E-state index contributed by atoms with van der Waals surface area (Å²) >= 11 is 0. The summed E-state index contributed by atoms with van der Waals surface area (Å²) in [7, 11) is 6.51. The van der Waals surface area contributed by atoms with Crippen LogP contribution in [0.15, 0.2) is 54.6 Å².